The summed E-state index contributed by atoms with van der Waals surface area (Å²) >= 11 is 12.6. The van der Waals surface area contributed by atoms with E-state index in [1.807, 2.05) is 46.7 Å². The molecule has 206 valence electrons. The first-order chi connectivity index (χ1) is 18.7. The zero-order valence-corrected chi connectivity index (χ0v) is 23.5. The van der Waals surface area contributed by atoms with Crippen LogP contribution in [0.2, 0.25) is 10.0 Å². The summed E-state index contributed by atoms with van der Waals surface area (Å²) in [6.07, 6.45) is 4.71. The minimum Gasteiger partial charge on any atom is -0.481 e. The van der Waals surface area contributed by atoms with Crippen molar-refractivity contribution in [3.8, 4) is 0 Å². The molecule has 0 bridgehead atoms. The normalized spacial score (nSPS) is 17.5. The number of carbonyl (C=O) groups excluding carboxylic acids is 2. The van der Waals surface area contributed by atoms with Crippen molar-refractivity contribution in [3.63, 3.8) is 0 Å². The molecular formula is C30H33Cl2N3O4. The van der Waals surface area contributed by atoms with E-state index in [4.69, 9.17) is 23.2 Å². The summed E-state index contributed by atoms with van der Waals surface area (Å²) in [5.74, 6) is -0.780. The number of benzene rings is 2. The van der Waals surface area contributed by atoms with Gasteiger partial charge in [0.25, 0.3) is 5.91 Å². The fourth-order valence-electron chi connectivity index (χ4n) is 6.22. The molecule has 9 heteroatoms. The maximum Gasteiger partial charge on any atom is 0.310 e. The van der Waals surface area contributed by atoms with Crippen molar-refractivity contribution in [1.29, 1.82) is 0 Å². The van der Waals surface area contributed by atoms with Gasteiger partial charge in [0.15, 0.2) is 0 Å². The van der Waals surface area contributed by atoms with Gasteiger partial charge in [-0.3, -0.25) is 14.4 Å². The second-order valence-corrected chi connectivity index (χ2v) is 11.6. The van der Waals surface area contributed by atoms with Gasteiger partial charge in [0.1, 0.15) is 5.69 Å². The number of aromatic nitrogens is 1. The van der Waals surface area contributed by atoms with Crippen molar-refractivity contribution in [2.45, 2.75) is 64.3 Å². The van der Waals surface area contributed by atoms with Crippen molar-refractivity contribution < 1.29 is 19.5 Å². The number of aryl methyl sites for hydroxylation is 1. The Bertz CT molecular complexity index is 1400. The number of nitrogens with one attached hydrogen (secondary N) is 1. The highest BCUT2D eigenvalue weighted by Crippen LogP contribution is 2.42. The molecule has 2 amide bonds. The number of likely N-dealkylation sites (tertiary alicyclic amines) is 1. The third-order valence-electron chi connectivity index (χ3n) is 8.51. The molecule has 2 fully saturated rings. The number of carboxylic acid groups (broad SMARTS) is 1. The molecule has 1 aliphatic carbocycles. The second-order valence-electron chi connectivity index (χ2n) is 10.8. The number of halogens is 2. The van der Waals surface area contributed by atoms with Gasteiger partial charge in [-0.25, -0.2) is 0 Å². The number of anilines is 1. The Labute approximate surface area is 238 Å². The molecule has 0 atom stereocenters. The van der Waals surface area contributed by atoms with Crippen LogP contribution in [0, 0.1) is 5.41 Å². The number of amides is 2. The average molecular weight is 571 g/mol. The Kier molecular flexibility index (Phi) is 7.92. The Morgan fingerprint density at radius 1 is 1.03 bits per heavy atom. The van der Waals surface area contributed by atoms with Crippen LogP contribution < -0.4 is 5.32 Å². The van der Waals surface area contributed by atoms with Crippen LogP contribution in [-0.4, -0.2) is 45.4 Å². The molecule has 3 aromatic rings. The lowest BCUT2D eigenvalue weighted by molar-refractivity contribution is -0.153. The van der Waals surface area contributed by atoms with E-state index in [0.717, 1.165) is 36.6 Å². The summed E-state index contributed by atoms with van der Waals surface area (Å²) in [7, 11) is 0. The molecule has 1 aromatic heterocycles. The summed E-state index contributed by atoms with van der Waals surface area (Å²) in [6, 6.07) is 13.3. The van der Waals surface area contributed by atoms with E-state index in [1.54, 1.807) is 12.1 Å². The monoisotopic (exact) mass is 569 g/mol. The number of carboxylic acids is 1. The molecule has 2 aliphatic rings. The minimum absolute atomic E-state index is 0.0381. The molecule has 1 aliphatic heterocycles. The molecule has 2 N–H and O–H groups in total. The van der Waals surface area contributed by atoms with Crippen molar-refractivity contribution in [1.82, 2.24) is 9.47 Å². The van der Waals surface area contributed by atoms with E-state index >= 15 is 0 Å². The first kappa shape index (κ1) is 27.5. The summed E-state index contributed by atoms with van der Waals surface area (Å²) in [5.41, 5.74) is 2.36. The highest BCUT2D eigenvalue weighted by Gasteiger charge is 2.44. The molecular weight excluding hydrogens is 537 g/mol. The lowest BCUT2D eigenvalue weighted by atomic mass is 9.81. The van der Waals surface area contributed by atoms with E-state index in [2.05, 4.69) is 5.32 Å². The van der Waals surface area contributed by atoms with E-state index in [1.165, 1.54) is 5.56 Å². The third-order valence-corrected chi connectivity index (χ3v) is 9.33. The lowest BCUT2D eigenvalue weighted by Gasteiger charge is -2.34. The molecule has 0 unspecified atom stereocenters. The van der Waals surface area contributed by atoms with Crippen LogP contribution in [0.1, 0.15) is 73.8 Å². The van der Waals surface area contributed by atoms with Crippen molar-refractivity contribution in [3.05, 3.63) is 63.8 Å². The topological polar surface area (TPSA) is 91.6 Å². The van der Waals surface area contributed by atoms with E-state index in [-0.39, 0.29) is 18.2 Å². The molecule has 0 spiro atoms. The molecule has 0 radical (unpaired) electrons. The van der Waals surface area contributed by atoms with Gasteiger partial charge in [0, 0.05) is 37.1 Å². The minimum atomic E-state index is -0.876. The molecule has 5 rings (SSSR count). The number of hydrogen-bond donors (Lipinski definition) is 2. The Morgan fingerprint density at radius 2 is 1.69 bits per heavy atom. The van der Waals surface area contributed by atoms with E-state index in [0.29, 0.717) is 59.8 Å². The molecule has 39 heavy (non-hydrogen) atoms. The first-order valence-corrected chi connectivity index (χ1v) is 14.4. The average Bonchev–Trinajstić information content (AvgIpc) is 3.57. The third kappa shape index (κ3) is 5.39. The van der Waals surface area contributed by atoms with Gasteiger partial charge in [0.2, 0.25) is 5.91 Å². The van der Waals surface area contributed by atoms with Crippen LogP contribution in [0.5, 0.6) is 0 Å². The van der Waals surface area contributed by atoms with Crippen LogP contribution in [-0.2, 0) is 16.1 Å². The Morgan fingerprint density at radius 3 is 2.31 bits per heavy atom. The number of carbonyl (C=O) groups is 3. The van der Waals surface area contributed by atoms with Crippen LogP contribution in [0.3, 0.4) is 0 Å². The summed E-state index contributed by atoms with van der Waals surface area (Å²) in [4.78, 5) is 39.7. The van der Waals surface area contributed by atoms with E-state index < -0.39 is 11.4 Å². The number of fused-ring (bicyclic) bond motifs is 1. The lowest BCUT2D eigenvalue weighted by Crippen LogP contribution is -2.42. The highest BCUT2D eigenvalue weighted by atomic mass is 35.5. The summed E-state index contributed by atoms with van der Waals surface area (Å²) in [6.45, 7) is 3.85. The Balaban J connectivity index is 1.20. The predicted molar refractivity (Wildman–Crippen MR) is 154 cm³/mol. The number of piperidine rings is 1. The SMILES string of the molecule is CCn1c(C(=O)Nc2ccc(C3CCN(C(=O)CC4(C(=O)O)CCCC4)CC3)cc2)cc2c(Cl)c(Cl)ccc21. The highest BCUT2D eigenvalue weighted by molar-refractivity contribution is 6.45. The van der Waals surface area contributed by atoms with Crippen LogP contribution in [0.25, 0.3) is 10.9 Å². The van der Waals surface area contributed by atoms with Gasteiger partial charge < -0.3 is 19.9 Å². The first-order valence-electron chi connectivity index (χ1n) is 13.6. The maximum atomic E-state index is 13.2. The van der Waals surface area contributed by atoms with Crippen LogP contribution in [0.4, 0.5) is 5.69 Å². The number of hydrogen-bond acceptors (Lipinski definition) is 3. The molecule has 2 aromatic carbocycles. The van der Waals surface area contributed by atoms with Gasteiger partial charge in [-0.2, -0.15) is 0 Å². The standard InChI is InChI=1S/C30H33Cl2N3O4/c1-2-35-24-10-9-23(31)27(32)22(24)17-25(35)28(37)33-21-7-5-19(6-8-21)20-11-15-34(16-12-20)26(36)18-30(29(38)39)13-3-4-14-30/h5-10,17,20H,2-4,11-16,18H2,1H3,(H,33,37)(H,38,39). The zero-order chi connectivity index (χ0) is 27.7. The van der Waals surface area contributed by atoms with Gasteiger partial charge in [-0.1, -0.05) is 48.2 Å². The summed E-state index contributed by atoms with van der Waals surface area (Å²) in [5, 5.41) is 14.3. The quantitative estimate of drug-likeness (QED) is 0.321. The maximum absolute atomic E-state index is 13.2. The van der Waals surface area contributed by atoms with Crippen molar-refractivity contribution in [2.75, 3.05) is 18.4 Å². The zero-order valence-electron chi connectivity index (χ0n) is 22.0. The molecule has 2 heterocycles. The van der Waals surface area contributed by atoms with Gasteiger partial charge in [-0.05, 0) is 74.4 Å². The smallest absolute Gasteiger partial charge is 0.310 e. The molecule has 7 nitrogen and oxygen atoms in total. The number of rotatable bonds is 7. The second kappa shape index (κ2) is 11.2. The van der Waals surface area contributed by atoms with Gasteiger partial charge >= 0.3 is 5.97 Å². The van der Waals surface area contributed by atoms with Crippen LogP contribution in [0.15, 0.2) is 42.5 Å². The molecule has 1 saturated heterocycles. The number of aliphatic carboxylic acids is 1. The fraction of sp³-hybridized carbons (Fsp3) is 0.433. The largest absolute Gasteiger partial charge is 0.481 e. The van der Waals surface area contributed by atoms with E-state index in [9.17, 15) is 19.5 Å². The predicted octanol–water partition coefficient (Wildman–Crippen LogP) is 6.96. The fourth-order valence-corrected chi connectivity index (χ4v) is 6.60. The van der Waals surface area contributed by atoms with Gasteiger partial charge in [0.05, 0.1) is 21.0 Å². The van der Waals surface area contributed by atoms with Gasteiger partial charge in [-0.15, -0.1) is 0 Å². The number of nitrogens with zero attached hydrogens (tertiary/aromatic N) is 2. The Hall–Kier alpha value is -3.03. The van der Waals surface area contributed by atoms with Crippen molar-refractivity contribution in [2.24, 2.45) is 5.41 Å². The van der Waals surface area contributed by atoms with Crippen LogP contribution >= 0.6 is 23.2 Å². The summed E-state index contributed by atoms with van der Waals surface area (Å²) < 4.78 is 1.92. The molecule has 1 saturated carbocycles. The van der Waals surface area contributed by atoms with Crippen molar-refractivity contribution >= 4 is 57.6 Å².